The summed E-state index contributed by atoms with van der Waals surface area (Å²) < 4.78 is 5.35. The lowest BCUT2D eigenvalue weighted by Gasteiger charge is -2.46. The first kappa shape index (κ1) is 16.5. The number of likely N-dealkylation sites (tertiary alicyclic amines) is 1. The van der Waals surface area contributed by atoms with Crippen LogP contribution in [0.5, 0.6) is 0 Å². The van der Waals surface area contributed by atoms with E-state index in [1.165, 1.54) is 18.4 Å². The zero-order chi connectivity index (χ0) is 15.6. The van der Waals surface area contributed by atoms with Crippen molar-refractivity contribution >= 4 is 0 Å². The van der Waals surface area contributed by atoms with Gasteiger partial charge in [0.05, 0.1) is 5.69 Å². The maximum absolute atomic E-state index is 5.35. The highest BCUT2D eigenvalue weighted by molar-refractivity contribution is 5.25. The van der Waals surface area contributed by atoms with E-state index in [1.807, 2.05) is 13.8 Å². The van der Waals surface area contributed by atoms with Crippen molar-refractivity contribution in [1.82, 2.24) is 15.4 Å². The first-order valence-electron chi connectivity index (χ1n) is 8.39. The SMILES string of the molecule is CCCNC1CCN(C(C)c2c(C)noc2C)C(C)C1C. The molecule has 2 heterocycles. The van der Waals surface area contributed by atoms with Crippen LogP contribution >= 0.6 is 0 Å². The van der Waals surface area contributed by atoms with Crippen LogP contribution in [-0.2, 0) is 0 Å². The molecule has 4 unspecified atom stereocenters. The largest absolute Gasteiger partial charge is 0.361 e. The summed E-state index contributed by atoms with van der Waals surface area (Å²) >= 11 is 0. The highest BCUT2D eigenvalue weighted by Gasteiger charge is 2.36. The van der Waals surface area contributed by atoms with Gasteiger partial charge >= 0.3 is 0 Å². The molecule has 0 spiro atoms. The standard InChI is InChI=1S/C17H31N3O/c1-7-9-18-16-8-10-20(13(4)11(16)2)14(5)17-12(3)19-21-15(17)6/h11,13-14,16,18H,7-10H2,1-6H3. The van der Waals surface area contributed by atoms with Gasteiger partial charge in [-0.2, -0.15) is 0 Å². The molecule has 0 aliphatic carbocycles. The molecule has 0 amide bonds. The molecule has 1 saturated heterocycles. The van der Waals surface area contributed by atoms with E-state index in [-0.39, 0.29) is 0 Å². The number of nitrogens with zero attached hydrogens (tertiary/aromatic N) is 2. The van der Waals surface area contributed by atoms with Gasteiger partial charge in [-0.25, -0.2) is 0 Å². The van der Waals surface area contributed by atoms with E-state index < -0.39 is 0 Å². The Balaban J connectivity index is 2.08. The molecule has 4 heteroatoms. The molecule has 2 rings (SSSR count). The summed E-state index contributed by atoms with van der Waals surface area (Å²) in [6.07, 6.45) is 2.43. The predicted octanol–water partition coefficient (Wildman–Crippen LogP) is 3.45. The highest BCUT2D eigenvalue weighted by atomic mass is 16.5. The summed E-state index contributed by atoms with van der Waals surface area (Å²) in [4.78, 5) is 2.61. The number of aryl methyl sites for hydroxylation is 2. The molecule has 0 radical (unpaired) electrons. The Morgan fingerprint density at radius 2 is 2.10 bits per heavy atom. The van der Waals surface area contributed by atoms with Crippen molar-refractivity contribution < 1.29 is 4.52 Å². The Kier molecular flexibility index (Phi) is 5.44. The quantitative estimate of drug-likeness (QED) is 0.903. The van der Waals surface area contributed by atoms with E-state index in [1.54, 1.807) is 0 Å². The minimum atomic E-state index is 0.376. The first-order chi connectivity index (χ1) is 9.97. The Morgan fingerprint density at radius 1 is 1.38 bits per heavy atom. The normalized spacial score (nSPS) is 28.8. The van der Waals surface area contributed by atoms with Crippen LogP contribution in [0.4, 0.5) is 0 Å². The summed E-state index contributed by atoms with van der Waals surface area (Å²) in [6.45, 7) is 15.6. The average molecular weight is 293 g/mol. The maximum atomic E-state index is 5.35. The van der Waals surface area contributed by atoms with Crippen LogP contribution in [0.3, 0.4) is 0 Å². The van der Waals surface area contributed by atoms with Crippen LogP contribution in [-0.4, -0.2) is 35.2 Å². The summed E-state index contributed by atoms with van der Waals surface area (Å²) in [7, 11) is 0. The molecule has 120 valence electrons. The first-order valence-corrected chi connectivity index (χ1v) is 8.39. The second-order valence-electron chi connectivity index (χ2n) is 6.60. The lowest BCUT2D eigenvalue weighted by Crippen LogP contribution is -2.54. The van der Waals surface area contributed by atoms with Gasteiger partial charge in [0, 0.05) is 30.2 Å². The molecule has 4 atom stereocenters. The van der Waals surface area contributed by atoms with Crippen molar-refractivity contribution in [3.63, 3.8) is 0 Å². The number of piperidine rings is 1. The number of aromatic nitrogens is 1. The van der Waals surface area contributed by atoms with Crippen LogP contribution < -0.4 is 5.32 Å². The van der Waals surface area contributed by atoms with Gasteiger partial charge < -0.3 is 9.84 Å². The lowest BCUT2D eigenvalue weighted by molar-refractivity contribution is 0.0518. The number of hydrogen-bond acceptors (Lipinski definition) is 4. The number of rotatable bonds is 5. The minimum absolute atomic E-state index is 0.376. The maximum Gasteiger partial charge on any atom is 0.138 e. The van der Waals surface area contributed by atoms with Gasteiger partial charge in [-0.1, -0.05) is 19.0 Å². The van der Waals surface area contributed by atoms with Crippen molar-refractivity contribution in [1.29, 1.82) is 0 Å². The summed E-state index contributed by atoms with van der Waals surface area (Å²) in [5.41, 5.74) is 2.31. The average Bonchev–Trinajstić information content (AvgIpc) is 2.79. The molecule has 1 fully saturated rings. The van der Waals surface area contributed by atoms with E-state index in [9.17, 15) is 0 Å². The van der Waals surface area contributed by atoms with Gasteiger partial charge in [0.1, 0.15) is 5.76 Å². The van der Waals surface area contributed by atoms with Crippen LogP contribution in [0, 0.1) is 19.8 Å². The molecular formula is C17H31N3O. The minimum Gasteiger partial charge on any atom is -0.361 e. The predicted molar refractivity (Wildman–Crippen MR) is 86.4 cm³/mol. The van der Waals surface area contributed by atoms with E-state index in [0.29, 0.717) is 24.0 Å². The van der Waals surface area contributed by atoms with Crippen LogP contribution in [0.2, 0.25) is 0 Å². The van der Waals surface area contributed by atoms with Gasteiger partial charge in [0.25, 0.3) is 0 Å². The zero-order valence-electron chi connectivity index (χ0n) is 14.4. The van der Waals surface area contributed by atoms with Crippen molar-refractivity contribution in [2.24, 2.45) is 5.92 Å². The smallest absolute Gasteiger partial charge is 0.138 e. The molecule has 0 bridgehead atoms. The molecule has 0 saturated carbocycles. The van der Waals surface area contributed by atoms with Gasteiger partial charge in [-0.15, -0.1) is 0 Å². The van der Waals surface area contributed by atoms with E-state index in [2.05, 4.69) is 43.1 Å². The molecule has 1 aromatic rings. The van der Waals surface area contributed by atoms with Crippen molar-refractivity contribution in [3.8, 4) is 0 Å². The molecule has 21 heavy (non-hydrogen) atoms. The molecule has 1 aliphatic rings. The fourth-order valence-electron chi connectivity index (χ4n) is 3.81. The van der Waals surface area contributed by atoms with E-state index in [0.717, 1.165) is 24.5 Å². The third kappa shape index (κ3) is 3.32. The van der Waals surface area contributed by atoms with Crippen LogP contribution in [0.25, 0.3) is 0 Å². The summed E-state index contributed by atoms with van der Waals surface area (Å²) in [5.74, 6) is 1.62. The molecule has 1 N–H and O–H groups in total. The second-order valence-corrected chi connectivity index (χ2v) is 6.60. The molecule has 0 aromatic carbocycles. The van der Waals surface area contributed by atoms with Gasteiger partial charge in [0.2, 0.25) is 0 Å². The summed E-state index contributed by atoms with van der Waals surface area (Å²) in [5, 5.41) is 7.83. The third-order valence-electron chi connectivity index (χ3n) is 5.28. The zero-order valence-corrected chi connectivity index (χ0v) is 14.4. The monoisotopic (exact) mass is 293 g/mol. The number of nitrogens with one attached hydrogen (secondary N) is 1. The third-order valence-corrected chi connectivity index (χ3v) is 5.28. The van der Waals surface area contributed by atoms with Gasteiger partial charge in [-0.05, 0) is 53.0 Å². The van der Waals surface area contributed by atoms with Crippen LogP contribution in [0.1, 0.15) is 63.6 Å². The van der Waals surface area contributed by atoms with Crippen molar-refractivity contribution in [3.05, 3.63) is 17.0 Å². The highest BCUT2D eigenvalue weighted by Crippen LogP contribution is 2.34. The fourth-order valence-corrected chi connectivity index (χ4v) is 3.81. The Morgan fingerprint density at radius 3 is 2.67 bits per heavy atom. The Hall–Kier alpha value is -0.870. The molecule has 4 nitrogen and oxygen atoms in total. The number of hydrogen-bond donors (Lipinski definition) is 1. The van der Waals surface area contributed by atoms with E-state index in [4.69, 9.17) is 4.52 Å². The lowest BCUT2D eigenvalue weighted by atomic mass is 9.85. The van der Waals surface area contributed by atoms with Gasteiger partial charge in [-0.3, -0.25) is 4.90 Å². The van der Waals surface area contributed by atoms with Gasteiger partial charge in [0.15, 0.2) is 0 Å². The fraction of sp³-hybridized carbons (Fsp3) is 0.824. The van der Waals surface area contributed by atoms with Crippen LogP contribution in [0.15, 0.2) is 4.52 Å². The van der Waals surface area contributed by atoms with E-state index >= 15 is 0 Å². The Labute approximate surface area is 129 Å². The second kappa shape index (κ2) is 6.93. The topological polar surface area (TPSA) is 41.3 Å². The Bertz CT molecular complexity index is 437. The molecule has 1 aliphatic heterocycles. The summed E-state index contributed by atoms with van der Waals surface area (Å²) in [6, 6.07) is 1.59. The molecule has 1 aromatic heterocycles. The molecular weight excluding hydrogens is 262 g/mol. The van der Waals surface area contributed by atoms with Crippen molar-refractivity contribution in [2.75, 3.05) is 13.1 Å². The van der Waals surface area contributed by atoms with Crippen molar-refractivity contribution in [2.45, 2.75) is 72.5 Å².